The number of aliphatic hydroxyl groups excluding tert-OH is 1. The number of methoxy groups -OCH3 is 2. The number of aromatic amines is 2. The van der Waals surface area contributed by atoms with E-state index in [0.29, 0.717) is 57.1 Å². The van der Waals surface area contributed by atoms with Crippen LogP contribution in [-0.4, -0.2) is 119 Å². The van der Waals surface area contributed by atoms with Gasteiger partial charge in [-0.15, -0.1) is 0 Å². The third kappa shape index (κ3) is 9.53. The average molecular weight is 883 g/mol. The minimum atomic E-state index is -1.33. The zero-order chi connectivity index (χ0) is 44.9. The standard InChI is InChI=1S/C49H54N8O8/c1-62-48(60)54-42(32-7-4-3-5-8-32)47(59)57-21-24-65-29-41(57)45-51-27-38(52-45)31-12-10-30(11-13-31)34-14-15-36-26-37(17-16-35(36)25-34)39-28-50-44(53-39)40-9-6-20-56(40)46(58)43(55-49(61)63-2)33-18-22-64-23-19-33/h3-5,7-8,10-17,25-28,33,40-43,48,54,60H,6,9,18-24,29H2,1-2H3,(H,50,53)(H,51,52)(H,55,61)/t40-,41-,42+,43-,48?/m0/s1. The summed E-state index contributed by atoms with van der Waals surface area (Å²) >= 11 is 0. The number of hydrogen-bond donors (Lipinski definition) is 5. The zero-order valence-electron chi connectivity index (χ0n) is 36.4. The fraction of sp³-hybridized carbons (Fsp3) is 0.367. The van der Waals surface area contributed by atoms with Gasteiger partial charge in [0.2, 0.25) is 18.2 Å². The molecule has 2 aromatic heterocycles. The molecule has 65 heavy (non-hydrogen) atoms. The molecule has 0 bridgehead atoms. The number of aromatic nitrogens is 4. The van der Waals surface area contributed by atoms with Crippen LogP contribution in [0.3, 0.4) is 0 Å². The number of imidazole rings is 2. The molecule has 3 amide bonds. The minimum Gasteiger partial charge on any atom is -0.453 e. The Labute approximate surface area is 376 Å². The van der Waals surface area contributed by atoms with Crippen LogP contribution in [0.4, 0.5) is 4.79 Å². The SMILES string of the molecule is COC(=O)N[C@H](C(=O)N1CCC[C@H]1c1ncc(-c2ccc3cc(-c4ccc(-c5cnc([C@@H]6COCCN6C(=O)[C@H](NC(O)OC)c6ccccc6)[nH]5)cc4)ccc3c2)[nH]1)C1CCOCC1. The van der Waals surface area contributed by atoms with Crippen molar-refractivity contribution < 1.29 is 38.4 Å². The predicted octanol–water partition coefficient (Wildman–Crippen LogP) is 6.25. The van der Waals surface area contributed by atoms with Crippen LogP contribution in [0.2, 0.25) is 0 Å². The lowest BCUT2D eigenvalue weighted by molar-refractivity contribution is -0.150. The summed E-state index contributed by atoms with van der Waals surface area (Å²) in [4.78, 5) is 60.4. The van der Waals surface area contributed by atoms with E-state index in [1.54, 1.807) is 11.1 Å². The van der Waals surface area contributed by atoms with Gasteiger partial charge in [-0.1, -0.05) is 78.9 Å². The molecule has 3 fully saturated rings. The topological polar surface area (TPSA) is 196 Å². The molecule has 9 rings (SSSR count). The molecular weight excluding hydrogens is 829 g/mol. The largest absolute Gasteiger partial charge is 0.453 e. The number of benzene rings is 4. The van der Waals surface area contributed by atoms with Gasteiger partial charge in [0.05, 0.1) is 50.1 Å². The van der Waals surface area contributed by atoms with Crippen LogP contribution in [0.15, 0.2) is 103 Å². The van der Waals surface area contributed by atoms with Gasteiger partial charge in [0.25, 0.3) is 0 Å². The van der Waals surface area contributed by atoms with Gasteiger partial charge in [-0.3, -0.25) is 14.9 Å². The number of nitrogens with one attached hydrogen (secondary N) is 4. The fourth-order valence-corrected chi connectivity index (χ4v) is 9.28. The van der Waals surface area contributed by atoms with Gasteiger partial charge >= 0.3 is 6.09 Å². The number of amides is 3. The Hall–Kier alpha value is -6.43. The maximum Gasteiger partial charge on any atom is 0.407 e. The number of aliphatic hydroxyl groups is 1. The molecule has 4 aromatic carbocycles. The molecule has 0 spiro atoms. The Bertz CT molecular complexity index is 2590. The Morgan fingerprint density at radius 2 is 1.35 bits per heavy atom. The Morgan fingerprint density at radius 3 is 2.06 bits per heavy atom. The predicted molar refractivity (Wildman–Crippen MR) is 242 cm³/mol. The van der Waals surface area contributed by atoms with E-state index < -0.39 is 30.6 Å². The van der Waals surface area contributed by atoms with Crippen molar-refractivity contribution >= 4 is 28.7 Å². The summed E-state index contributed by atoms with van der Waals surface area (Å²) in [6.45, 7) is 2.72. The molecule has 3 aliphatic heterocycles. The number of hydrogen-bond acceptors (Lipinski definition) is 11. The molecule has 16 nitrogen and oxygen atoms in total. The highest BCUT2D eigenvalue weighted by Gasteiger charge is 2.40. The lowest BCUT2D eigenvalue weighted by Crippen LogP contribution is -2.53. The van der Waals surface area contributed by atoms with Crippen molar-refractivity contribution in [3.63, 3.8) is 0 Å². The zero-order valence-corrected chi connectivity index (χ0v) is 36.4. The molecule has 5 heterocycles. The van der Waals surface area contributed by atoms with Crippen LogP contribution in [-0.2, 0) is 28.5 Å². The Balaban J connectivity index is 0.873. The van der Waals surface area contributed by atoms with Crippen molar-refractivity contribution in [2.75, 3.05) is 53.7 Å². The third-order valence-electron chi connectivity index (χ3n) is 12.8. The number of rotatable bonds is 13. The molecule has 16 heteroatoms. The summed E-state index contributed by atoms with van der Waals surface area (Å²) in [6.07, 6.45) is 4.65. The normalized spacial score (nSPS) is 19.5. The molecule has 3 saturated heterocycles. The van der Waals surface area contributed by atoms with Gasteiger partial charge < -0.3 is 49.1 Å². The van der Waals surface area contributed by atoms with Gasteiger partial charge in [-0.2, -0.15) is 0 Å². The van der Waals surface area contributed by atoms with Crippen LogP contribution < -0.4 is 10.6 Å². The average Bonchev–Trinajstić information content (AvgIpc) is 4.17. The summed E-state index contributed by atoms with van der Waals surface area (Å²) in [7, 11) is 2.68. The molecular formula is C49H54N8O8. The molecule has 338 valence electrons. The van der Waals surface area contributed by atoms with Crippen molar-refractivity contribution in [2.24, 2.45) is 5.92 Å². The number of H-pyrrole nitrogens is 2. The van der Waals surface area contributed by atoms with Crippen molar-refractivity contribution in [3.8, 4) is 33.6 Å². The van der Waals surface area contributed by atoms with E-state index in [1.165, 1.54) is 14.2 Å². The van der Waals surface area contributed by atoms with E-state index >= 15 is 0 Å². The Kier molecular flexibility index (Phi) is 13.3. The first-order chi connectivity index (χ1) is 31.8. The molecule has 5 atom stereocenters. The first-order valence-corrected chi connectivity index (χ1v) is 22.2. The molecule has 0 aliphatic carbocycles. The van der Waals surface area contributed by atoms with Crippen LogP contribution >= 0.6 is 0 Å². The van der Waals surface area contributed by atoms with Gasteiger partial charge in [0.1, 0.15) is 29.8 Å². The van der Waals surface area contributed by atoms with Crippen molar-refractivity contribution in [3.05, 3.63) is 121 Å². The van der Waals surface area contributed by atoms with Crippen LogP contribution in [0.25, 0.3) is 44.4 Å². The molecule has 5 N–H and O–H groups in total. The number of ether oxygens (including phenoxy) is 4. The molecule has 1 unspecified atom stereocenters. The number of carbonyl (C=O) groups is 3. The van der Waals surface area contributed by atoms with E-state index in [1.807, 2.05) is 41.4 Å². The third-order valence-corrected chi connectivity index (χ3v) is 12.8. The van der Waals surface area contributed by atoms with E-state index in [2.05, 4.69) is 81.3 Å². The smallest absolute Gasteiger partial charge is 0.407 e. The highest BCUT2D eigenvalue weighted by molar-refractivity contribution is 5.91. The highest BCUT2D eigenvalue weighted by Crippen LogP contribution is 2.36. The fourth-order valence-electron chi connectivity index (χ4n) is 9.28. The molecule has 0 radical (unpaired) electrons. The van der Waals surface area contributed by atoms with E-state index in [-0.39, 0.29) is 30.4 Å². The van der Waals surface area contributed by atoms with E-state index in [0.717, 1.165) is 63.1 Å². The number of likely N-dealkylation sites (tertiary alicyclic amines) is 1. The lowest BCUT2D eigenvalue weighted by Gasteiger charge is -2.37. The molecule has 3 aliphatic rings. The number of alkyl carbamates (subject to hydrolysis) is 1. The maximum absolute atomic E-state index is 14.1. The summed E-state index contributed by atoms with van der Waals surface area (Å²) in [6, 6.07) is 28.1. The summed E-state index contributed by atoms with van der Waals surface area (Å²) in [5, 5.41) is 18.2. The number of morpholine rings is 1. The first-order valence-electron chi connectivity index (χ1n) is 22.2. The Morgan fingerprint density at radius 1 is 0.723 bits per heavy atom. The van der Waals surface area contributed by atoms with E-state index in [9.17, 15) is 19.5 Å². The van der Waals surface area contributed by atoms with Crippen molar-refractivity contribution in [1.29, 1.82) is 0 Å². The van der Waals surface area contributed by atoms with Gasteiger partial charge in [0, 0.05) is 39.0 Å². The second-order valence-electron chi connectivity index (χ2n) is 16.7. The van der Waals surface area contributed by atoms with E-state index in [4.69, 9.17) is 28.9 Å². The van der Waals surface area contributed by atoms with Gasteiger partial charge in [-0.25, -0.2) is 14.8 Å². The maximum atomic E-state index is 14.1. The second-order valence-corrected chi connectivity index (χ2v) is 16.7. The number of fused-ring (bicyclic) bond motifs is 1. The first kappa shape index (κ1) is 43.8. The quantitative estimate of drug-likeness (QED) is 0.0823. The van der Waals surface area contributed by atoms with Gasteiger partial charge in [-0.05, 0) is 76.8 Å². The number of carbonyl (C=O) groups excluding carboxylic acids is 3. The lowest BCUT2D eigenvalue weighted by atomic mass is 9.90. The molecule has 0 saturated carbocycles. The number of nitrogens with zero attached hydrogens (tertiary/aromatic N) is 4. The van der Waals surface area contributed by atoms with Gasteiger partial charge in [0.15, 0.2) is 0 Å². The minimum absolute atomic E-state index is 0.0325. The second kappa shape index (κ2) is 19.8. The summed E-state index contributed by atoms with van der Waals surface area (Å²) in [5.74, 6) is 0.962. The van der Waals surface area contributed by atoms with Crippen molar-refractivity contribution in [2.45, 2.75) is 56.3 Å². The summed E-state index contributed by atoms with van der Waals surface area (Å²) < 4.78 is 21.3. The monoisotopic (exact) mass is 882 g/mol. The van der Waals surface area contributed by atoms with Crippen LogP contribution in [0, 0.1) is 5.92 Å². The van der Waals surface area contributed by atoms with Crippen molar-refractivity contribution in [1.82, 2.24) is 40.4 Å². The molecule has 6 aromatic rings. The highest BCUT2D eigenvalue weighted by atomic mass is 16.6. The summed E-state index contributed by atoms with van der Waals surface area (Å²) in [5.41, 5.74) is 6.45. The van der Waals surface area contributed by atoms with Crippen LogP contribution in [0.5, 0.6) is 0 Å². The van der Waals surface area contributed by atoms with Crippen LogP contribution in [0.1, 0.15) is 61.0 Å².